The van der Waals surface area contributed by atoms with E-state index in [-0.39, 0.29) is 0 Å². The first kappa shape index (κ1) is 15.7. The predicted molar refractivity (Wildman–Crippen MR) is 89.1 cm³/mol. The van der Waals surface area contributed by atoms with E-state index < -0.39 is 0 Å². The van der Waals surface area contributed by atoms with E-state index in [1.807, 2.05) is 19.1 Å². The number of benzene rings is 1. The zero-order valence-electron chi connectivity index (χ0n) is 13.3. The van der Waals surface area contributed by atoms with Crippen LogP contribution in [0.4, 0.5) is 5.69 Å². The molecule has 114 valence electrons. The molecule has 0 amide bonds. The number of nitrogens with zero attached hydrogens (tertiary/aromatic N) is 2. The average Bonchev–Trinajstić information content (AvgIpc) is 2.78. The average molecular weight is 295 g/mol. The highest BCUT2D eigenvalue weighted by molar-refractivity contribution is 5.57. The number of aromatic nitrogens is 1. The van der Waals surface area contributed by atoms with Gasteiger partial charge in [0, 0.05) is 12.6 Å². The van der Waals surface area contributed by atoms with E-state index in [2.05, 4.69) is 32.6 Å². The molecule has 0 saturated carbocycles. The fourth-order valence-electron chi connectivity index (χ4n) is 2.26. The molecule has 0 aliphatic carbocycles. The number of nitriles is 1. The van der Waals surface area contributed by atoms with Crippen molar-refractivity contribution in [2.45, 2.75) is 33.2 Å². The van der Waals surface area contributed by atoms with Gasteiger partial charge in [0.25, 0.3) is 0 Å². The number of rotatable bonds is 5. The lowest BCUT2D eigenvalue weighted by Gasteiger charge is -2.14. The molecule has 0 spiro atoms. The quantitative estimate of drug-likeness (QED) is 0.834. The fraction of sp³-hybridized carbons (Fsp3) is 0.278. The van der Waals surface area contributed by atoms with Gasteiger partial charge in [0.05, 0.1) is 5.69 Å². The maximum atomic E-state index is 9.20. The first-order valence-electron chi connectivity index (χ1n) is 7.26. The number of anilines is 1. The summed E-state index contributed by atoms with van der Waals surface area (Å²) in [6.45, 7) is 10.4. The third-order valence-corrected chi connectivity index (χ3v) is 3.59. The molecule has 4 nitrogen and oxygen atoms in total. The number of ether oxygens (including phenoxy) is 1. The van der Waals surface area contributed by atoms with Gasteiger partial charge >= 0.3 is 0 Å². The van der Waals surface area contributed by atoms with Crippen LogP contribution in [-0.4, -0.2) is 4.57 Å². The van der Waals surface area contributed by atoms with Crippen LogP contribution >= 0.6 is 0 Å². The van der Waals surface area contributed by atoms with Crippen molar-refractivity contribution in [2.75, 3.05) is 5.73 Å². The van der Waals surface area contributed by atoms with Crippen molar-refractivity contribution in [3.05, 3.63) is 53.7 Å². The van der Waals surface area contributed by atoms with Crippen LogP contribution in [0.5, 0.6) is 11.6 Å². The summed E-state index contributed by atoms with van der Waals surface area (Å²) < 4.78 is 7.76. The maximum Gasteiger partial charge on any atom is 0.224 e. The molecule has 1 aromatic carbocycles. The molecule has 0 aliphatic heterocycles. The first-order valence-corrected chi connectivity index (χ1v) is 7.26. The number of aryl methyl sites for hydroxylation is 1. The van der Waals surface area contributed by atoms with Crippen molar-refractivity contribution >= 4 is 5.69 Å². The Morgan fingerprint density at radius 2 is 2.14 bits per heavy atom. The molecule has 0 unspecified atom stereocenters. The summed E-state index contributed by atoms with van der Waals surface area (Å²) in [6.07, 6.45) is 1.71. The van der Waals surface area contributed by atoms with Crippen LogP contribution in [0.2, 0.25) is 0 Å². The maximum absolute atomic E-state index is 9.20. The lowest BCUT2D eigenvalue weighted by atomic mass is 10.0. The Labute approximate surface area is 131 Å². The highest BCUT2D eigenvalue weighted by Gasteiger charge is 2.16. The second-order valence-corrected chi connectivity index (χ2v) is 5.58. The third kappa shape index (κ3) is 2.99. The van der Waals surface area contributed by atoms with Crippen LogP contribution in [0.3, 0.4) is 0 Å². The van der Waals surface area contributed by atoms with Gasteiger partial charge in [-0.25, -0.2) is 0 Å². The molecule has 0 aliphatic rings. The monoisotopic (exact) mass is 295 g/mol. The van der Waals surface area contributed by atoms with E-state index in [9.17, 15) is 5.26 Å². The Kier molecular flexibility index (Phi) is 4.57. The van der Waals surface area contributed by atoms with Crippen molar-refractivity contribution in [1.82, 2.24) is 4.57 Å². The molecule has 0 saturated heterocycles. The summed E-state index contributed by atoms with van der Waals surface area (Å²) >= 11 is 0. The summed E-state index contributed by atoms with van der Waals surface area (Å²) in [5.74, 6) is 1.65. The zero-order valence-corrected chi connectivity index (χ0v) is 13.3. The van der Waals surface area contributed by atoms with Gasteiger partial charge in [-0.2, -0.15) is 5.26 Å². The minimum absolute atomic E-state index is 0.412. The minimum atomic E-state index is 0.412. The largest absolute Gasteiger partial charge is 0.438 e. The van der Waals surface area contributed by atoms with E-state index in [4.69, 9.17) is 10.5 Å². The van der Waals surface area contributed by atoms with Gasteiger partial charge in [-0.15, -0.1) is 6.58 Å². The van der Waals surface area contributed by atoms with Gasteiger partial charge < -0.3 is 10.5 Å². The van der Waals surface area contributed by atoms with Crippen LogP contribution in [0, 0.1) is 18.3 Å². The van der Waals surface area contributed by atoms with Crippen LogP contribution in [0.15, 0.2) is 36.9 Å². The second kappa shape index (κ2) is 6.40. The molecule has 0 radical (unpaired) electrons. The number of hydrogen-bond acceptors (Lipinski definition) is 3. The smallest absolute Gasteiger partial charge is 0.224 e. The van der Waals surface area contributed by atoms with Gasteiger partial charge in [0.1, 0.15) is 17.5 Å². The Hall–Kier alpha value is -2.67. The Morgan fingerprint density at radius 1 is 1.41 bits per heavy atom. The van der Waals surface area contributed by atoms with Crippen LogP contribution in [0.1, 0.15) is 36.6 Å². The number of nitrogens with two attached hydrogens (primary N) is 1. The van der Waals surface area contributed by atoms with Crippen molar-refractivity contribution in [3.8, 4) is 17.7 Å². The molecule has 2 N–H and O–H groups in total. The molecular weight excluding hydrogens is 274 g/mol. The normalized spacial score (nSPS) is 10.5. The van der Waals surface area contributed by atoms with E-state index in [0.717, 1.165) is 11.3 Å². The van der Waals surface area contributed by atoms with Gasteiger partial charge in [-0.3, -0.25) is 4.57 Å². The van der Waals surface area contributed by atoms with Gasteiger partial charge in [-0.05, 0) is 30.0 Å². The molecule has 2 aromatic rings. The summed E-state index contributed by atoms with van der Waals surface area (Å²) in [7, 11) is 0. The molecule has 2 rings (SSSR count). The molecule has 22 heavy (non-hydrogen) atoms. The van der Waals surface area contributed by atoms with Gasteiger partial charge in [-0.1, -0.05) is 32.1 Å². The number of nitrogen functional groups attached to an aromatic ring is 1. The molecule has 4 heteroatoms. The van der Waals surface area contributed by atoms with Crippen LogP contribution in [0.25, 0.3) is 0 Å². The first-order chi connectivity index (χ1) is 10.5. The second-order valence-electron chi connectivity index (χ2n) is 5.58. The topological polar surface area (TPSA) is 64.0 Å². The summed E-state index contributed by atoms with van der Waals surface area (Å²) in [4.78, 5) is 0. The molecule has 1 heterocycles. The van der Waals surface area contributed by atoms with Gasteiger partial charge in [0.2, 0.25) is 5.88 Å². The highest BCUT2D eigenvalue weighted by atomic mass is 16.5. The fourth-order valence-corrected chi connectivity index (χ4v) is 2.26. The number of hydrogen-bond donors (Lipinski definition) is 1. The van der Waals surface area contributed by atoms with Crippen LogP contribution in [-0.2, 0) is 6.54 Å². The van der Waals surface area contributed by atoms with E-state index in [1.165, 1.54) is 5.56 Å². The van der Waals surface area contributed by atoms with Gasteiger partial charge in [0.15, 0.2) is 0 Å². The lowest BCUT2D eigenvalue weighted by molar-refractivity contribution is 0.435. The molecule has 0 atom stereocenters. The highest BCUT2D eigenvalue weighted by Crippen LogP contribution is 2.34. The standard InChI is InChI=1S/C18H21N3O/c1-5-8-21-15(11-19)10-16(20)18(21)22-17-9-14(12(2)3)7-6-13(17)4/h5-7,9-10,12H,1,8,20H2,2-4H3. The lowest BCUT2D eigenvalue weighted by Crippen LogP contribution is -2.03. The molecule has 1 aromatic heterocycles. The Balaban J connectivity index is 2.47. The SMILES string of the molecule is C=CCn1c(C#N)cc(N)c1Oc1cc(C(C)C)ccc1C. The molecule has 0 bridgehead atoms. The summed E-state index contributed by atoms with van der Waals surface area (Å²) in [5, 5.41) is 9.20. The summed E-state index contributed by atoms with van der Waals surface area (Å²) in [6, 6.07) is 9.91. The van der Waals surface area contributed by atoms with Crippen molar-refractivity contribution in [1.29, 1.82) is 5.26 Å². The number of allylic oxidation sites excluding steroid dienone is 1. The Morgan fingerprint density at radius 3 is 2.73 bits per heavy atom. The zero-order chi connectivity index (χ0) is 16.3. The van der Waals surface area contributed by atoms with E-state index in [0.29, 0.717) is 29.7 Å². The van der Waals surface area contributed by atoms with Crippen molar-refractivity contribution in [2.24, 2.45) is 0 Å². The predicted octanol–water partition coefficient (Wildman–Crippen LogP) is 4.35. The van der Waals surface area contributed by atoms with Crippen LogP contribution < -0.4 is 10.5 Å². The third-order valence-electron chi connectivity index (χ3n) is 3.59. The Bertz CT molecular complexity index is 736. The van der Waals surface area contributed by atoms with Crippen molar-refractivity contribution < 1.29 is 4.74 Å². The van der Waals surface area contributed by atoms with Crippen molar-refractivity contribution in [3.63, 3.8) is 0 Å². The molecule has 0 fully saturated rings. The summed E-state index contributed by atoms with van der Waals surface area (Å²) in [5.41, 5.74) is 9.14. The van der Waals surface area contributed by atoms with E-state index in [1.54, 1.807) is 16.7 Å². The van der Waals surface area contributed by atoms with E-state index >= 15 is 0 Å². The minimum Gasteiger partial charge on any atom is -0.438 e. The molecular formula is C18H21N3O.